The zero-order valence-electron chi connectivity index (χ0n) is 16.0. The molecule has 166 valence electrons. The van der Waals surface area contributed by atoms with Crippen LogP contribution in [0.15, 0.2) is 30.5 Å². The Morgan fingerprint density at radius 2 is 1.48 bits per heavy atom. The number of nitrogen functional groups attached to an aromatic ring is 1. The van der Waals surface area contributed by atoms with Gasteiger partial charge in [0, 0.05) is 11.8 Å². The molecule has 31 heavy (non-hydrogen) atoms. The molecule has 2 aromatic carbocycles. The number of anilines is 1. The number of aromatic nitrogens is 2. The molecule has 1 heterocycles. The van der Waals surface area contributed by atoms with Gasteiger partial charge in [-0.3, -0.25) is 9.11 Å². The van der Waals surface area contributed by atoms with E-state index in [0.717, 1.165) is 18.2 Å². The lowest BCUT2D eigenvalue weighted by Gasteiger charge is -2.18. The van der Waals surface area contributed by atoms with E-state index in [-0.39, 0.29) is 33.5 Å². The SMILES string of the molecule is CC(C)c1c(OS(=O)(=O)O)cc(-c2cc(F)c3cnc(N)nc3c2)cc1OS(=O)(=O)O. The lowest BCUT2D eigenvalue weighted by molar-refractivity contribution is 0.377. The molecular formula is C17H16FN3O8S2. The molecule has 3 rings (SSSR count). The average molecular weight is 473 g/mol. The summed E-state index contributed by atoms with van der Waals surface area (Å²) in [6.45, 7) is 3.11. The quantitative estimate of drug-likeness (QED) is 0.448. The van der Waals surface area contributed by atoms with E-state index in [9.17, 15) is 21.2 Å². The number of hydrogen-bond acceptors (Lipinski definition) is 9. The minimum atomic E-state index is -5.02. The van der Waals surface area contributed by atoms with E-state index in [1.165, 1.54) is 12.3 Å². The van der Waals surface area contributed by atoms with E-state index in [4.69, 9.17) is 14.8 Å². The van der Waals surface area contributed by atoms with Crippen LogP contribution in [0.1, 0.15) is 25.3 Å². The number of benzene rings is 2. The van der Waals surface area contributed by atoms with Crippen LogP contribution in [0.5, 0.6) is 11.5 Å². The third-order valence-electron chi connectivity index (χ3n) is 4.07. The number of hydrogen-bond donors (Lipinski definition) is 3. The van der Waals surface area contributed by atoms with E-state index in [1.54, 1.807) is 13.8 Å². The Kier molecular flexibility index (Phi) is 5.75. The molecule has 1 aromatic heterocycles. The summed E-state index contributed by atoms with van der Waals surface area (Å²) in [5.41, 5.74) is 5.69. The highest BCUT2D eigenvalue weighted by Crippen LogP contribution is 2.41. The van der Waals surface area contributed by atoms with Gasteiger partial charge in [0.05, 0.1) is 10.9 Å². The molecule has 14 heteroatoms. The zero-order valence-corrected chi connectivity index (χ0v) is 17.6. The molecule has 0 spiro atoms. The van der Waals surface area contributed by atoms with E-state index < -0.39 is 44.0 Å². The van der Waals surface area contributed by atoms with Crippen LogP contribution in [0.4, 0.5) is 10.3 Å². The molecular weight excluding hydrogens is 457 g/mol. The summed E-state index contributed by atoms with van der Waals surface area (Å²) in [4.78, 5) is 7.63. The lowest BCUT2D eigenvalue weighted by Crippen LogP contribution is -2.13. The number of halogens is 1. The van der Waals surface area contributed by atoms with Crippen molar-refractivity contribution in [2.24, 2.45) is 0 Å². The molecule has 0 amide bonds. The molecule has 0 saturated carbocycles. The topological polar surface area (TPSA) is 179 Å². The highest BCUT2D eigenvalue weighted by atomic mass is 32.3. The van der Waals surface area contributed by atoms with Crippen LogP contribution in [-0.2, 0) is 20.8 Å². The van der Waals surface area contributed by atoms with Gasteiger partial charge in [0.15, 0.2) is 11.5 Å². The highest BCUT2D eigenvalue weighted by Gasteiger charge is 2.24. The van der Waals surface area contributed by atoms with Crippen LogP contribution in [0.3, 0.4) is 0 Å². The molecule has 0 bridgehead atoms. The summed E-state index contributed by atoms with van der Waals surface area (Å²) in [6, 6.07) is 4.70. The van der Waals surface area contributed by atoms with Crippen molar-refractivity contribution in [2.45, 2.75) is 19.8 Å². The normalized spacial score (nSPS) is 12.3. The Balaban J connectivity index is 2.33. The Labute approximate surface area is 176 Å². The van der Waals surface area contributed by atoms with Crippen LogP contribution in [0.25, 0.3) is 22.0 Å². The predicted molar refractivity (Wildman–Crippen MR) is 108 cm³/mol. The molecule has 11 nitrogen and oxygen atoms in total. The first kappa shape index (κ1) is 22.6. The van der Waals surface area contributed by atoms with Gasteiger partial charge in [-0.1, -0.05) is 13.8 Å². The zero-order chi connectivity index (χ0) is 23.1. The second-order valence-electron chi connectivity index (χ2n) is 6.68. The fraction of sp³-hybridized carbons (Fsp3) is 0.176. The maximum atomic E-state index is 14.6. The standard InChI is InChI=1S/C17H16FN3O8S2/c1-8(2)16-14(28-30(22,23)24)5-10(6-15(16)29-31(25,26)27)9-3-12(18)11-7-20-17(19)21-13(11)4-9/h3-8H,1-2H3,(H2,19,20,21)(H,22,23,24)(H,25,26,27). The van der Waals surface area contributed by atoms with E-state index in [1.807, 2.05) is 0 Å². The van der Waals surface area contributed by atoms with Gasteiger partial charge in [-0.25, -0.2) is 14.4 Å². The van der Waals surface area contributed by atoms with Gasteiger partial charge in [-0.15, -0.1) is 0 Å². The van der Waals surface area contributed by atoms with Crippen LogP contribution < -0.4 is 14.1 Å². The van der Waals surface area contributed by atoms with Crippen LogP contribution in [0, 0.1) is 5.82 Å². The molecule has 0 aliphatic heterocycles. The molecule has 0 atom stereocenters. The van der Waals surface area contributed by atoms with Crippen LogP contribution in [-0.4, -0.2) is 35.9 Å². The van der Waals surface area contributed by atoms with Crippen molar-refractivity contribution in [3.8, 4) is 22.6 Å². The van der Waals surface area contributed by atoms with Gasteiger partial charge in [-0.05, 0) is 41.3 Å². The second-order valence-corrected chi connectivity index (χ2v) is 8.73. The third kappa shape index (κ3) is 5.35. The van der Waals surface area contributed by atoms with Gasteiger partial charge in [0.25, 0.3) is 0 Å². The first-order valence-corrected chi connectivity index (χ1v) is 11.2. The minimum Gasteiger partial charge on any atom is -0.368 e. The fourth-order valence-electron chi connectivity index (χ4n) is 2.97. The van der Waals surface area contributed by atoms with Crippen molar-refractivity contribution in [2.75, 3.05) is 5.73 Å². The third-order valence-corrected chi connectivity index (χ3v) is 4.85. The van der Waals surface area contributed by atoms with Crippen molar-refractivity contribution in [1.82, 2.24) is 9.97 Å². The molecule has 0 aliphatic rings. The number of nitrogens with two attached hydrogens (primary N) is 1. The fourth-order valence-corrected chi connectivity index (χ4v) is 3.70. The number of fused-ring (bicyclic) bond motifs is 1. The Bertz CT molecular complexity index is 1340. The smallest absolute Gasteiger partial charge is 0.368 e. The van der Waals surface area contributed by atoms with Crippen LogP contribution >= 0.6 is 0 Å². The molecule has 0 saturated heterocycles. The summed E-state index contributed by atoms with van der Waals surface area (Å²) >= 11 is 0. The summed E-state index contributed by atoms with van der Waals surface area (Å²) in [6.07, 6.45) is 1.18. The monoisotopic (exact) mass is 473 g/mol. The molecule has 0 fully saturated rings. The summed E-state index contributed by atoms with van der Waals surface area (Å²) in [7, 11) is -10.0. The molecule has 3 aromatic rings. The average Bonchev–Trinajstić information content (AvgIpc) is 2.57. The van der Waals surface area contributed by atoms with Gasteiger partial charge in [-0.2, -0.15) is 16.8 Å². The molecule has 0 aliphatic carbocycles. The number of nitrogens with zero attached hydrogens (tertiary/aromatic N) is 2. The van der Waals surface area contributed by atoms with Crippen molar-refractivity contribution in [3.05, 3.63) is 41.8 Å². The first-order valence-electron chi connectivity index (χ1n) is 8.47. The van der Waals surface area contributed by atoms with Gasteiger partial charge < -0.3 is 14.1 Å². The minimum absolute atomic E-state index is 0.0275. The largest absolute Gasteiger partial charge is 0.446 e. The Morgan fingerprint density at radius 3 is 1.97 bits per heavy atom. The van der Waals surface area contributed by atoms with Gasteiger partial charge in [0.1, 0.15) is 5.82 Å². The summed E-state index contributed by atoms with van der Waals surface area (Å²) in [5.74, 6) is -2.42. The Hall–Kier alpha value is -3.07. The lowest BCUT2D eigenvalue weighted by atomic mass is 9.96. The number of rotatable bonds is 6. The van der Waals surface area contributed by atoms with Crippen LogP contribution in [0.2, 0.25) is 0 Å². The maximum absolute atomic E-state index is 14.6. The molecule has 0 radical (unpaired) electrons. The Morgan fingerprint density at radius 1 is 0.968 bits per heavy atom. The molecule has 0 unspecified atom stereocenters. The maximum Gasteiger partial charge on any atom is 0.446 e. The predicted octanol–water partition coefficient (Wildman–Crippen LogP) is 2.50. The van der Waals surface area contributed by atoms with Crippen molar-refractivity contribution < 1.29 is 38.7 Å². The van der Waals surface area contributed by atoms with Crippen molar-refractivity contribution in [1.29, 1.82) is 0 Å². The van der Waals surface area contributed by atoms with E-state index in [0.29, 0.717) is 0 Å². The summed E-state index contributed by atoms with van der Waals surface area (Å²) in [5, 5.41) is 0.0561. The highest BCUT2D eigenvalue weighted by molar-refractivity contribution is 7.81. The molecule has 4 N–H and O–H groups in total. The first-order chi connectivity index (χ1) is 14.2. The van der Waals surface area contributed by atoms with Crippen molar-refractivity contribution in [3.63, 3.8) is 0 Å². The van der Waals surface area contributed by atoms with E-state index in [2.05, 4.69) is 18.3 Å². The summed E-state index contributed by atoms with van der Waals surface area (Å²) < 4.78 is 87.3. The van der Waals surface area contributed by atoms with Crippen molar-refractivity contribution >= 4 is 37.6 Å². The van der Waals surface area contributed by atoms with Gasteiger partial charge >= 0.3 is 20.8 Å². The van der Waals surface area contributed by atoms with E-state index >= 15 is 0 Å². The second kappa shape index (κ2) is 7.88. The van der Waals surface area contributed by atoms with Gasteiger partial charge in [0.2, 0.25) is 5.95 Å².